The summed E-state index contributed by atoms with van der Waals surface area (Å²) >= 11 is 11.9. The van der Waals surface area contributed by atoms with E-state index in [1.165, 1.54) is 11.1 Å². The third-order valence-corrected chi connectivity index (χ3v) is 3.63. The lowest BCUT2D eigenvalue weighted by Gasteiger charge is -2.12. The molecule has 2 nitrogen and oxygen atoms in total. The Bertz CT molecular complexity index is 491. The van der Waals surface area contributed by atoms with E-state index in [9.17, 15) is 0 Å². The molecule has 2 aromatic rings. The van der Waals surface area contributed by atoms with Crippen LogP contribution < -0.4 is 0 Å². The maximum Gasteiger partial charge on any atom is 0.0521 e. The number of rotatable bonds is 5. The summed E-state index contributed by atoms with van der Waals surface area (Å²) in [5.74, 6) is 1.08. The van der Waals surface area contributed by atoms with Crippen molar-refractivity contribution in [3.8, 4) is 0 Å². The van der Waals surface area contributed by atoms with Gasteiger partial charge in [0.1, 0.15) is 0 Å². The zero-order valence-corrected chi connectivity index (χ0v) is 11.8. The van der Waals surface area contributed by atoms with Gasteiger partial charge in [-0.05, 0) is 42.0 Å². The van der Waals surface area contributed by atoms with E-state index in [1.807, 2.05) is 36.3 Å². The van der Waals surface area contributed by atoms with E-state index in [4.69, 9.17) is 23.2 Å². The van der Waals surface area contributed by atoms with Crippen molar-refractivity contribution in [2.75, 3.05) is 5.88 Å². The highest BCUT2D eigenvalue weighted by molar-refractivity contribution is 6.30. The molecule has 96 valence electrons. The number of benzene rings is 1. The molecule has 0 N–H and O–H groups in total. The van der Waals surface area contributed by atoms with Crippen LogP contribution in [0.5, 0.6) is 0 Å². The molecule has 0 radical (unpaired) electrons. The summed E-state index contributed by atoms with van der Waals surface area (Å²) in [4.78, 5) is 0. The van der Waals surface area contributed by atoms with Gasteiger partial charge in [-0.3, -0.25) is 4.68 Å². The number of nitrogens with zero attached hydrogens (tertiary/aromatic N) is 2. The first-order chi connectivity index (χ1) is 8.67. The van der Waals surface area contributed by atoms with E-state index in [0.717, 1.165) is 17.9 Å². The number of aryl methyl sites for hydroxylation is 1. The molecular weight excluding hydrogens is 267 g/mol. The fraction of sp³-hybridized carbons (Fsp3) is 0.357. The van der Waals surface area contributed by atoms with E-state index in [1.54, 1.807) is 0 Å². The molecule has 0 saturated heterocycles. The molecule has 1 aromatic heterocycles. The molecule has 1 heterocycles. The van der Waals surface area contributed by atoms with E-state index in [-0.39, 0.29) is 0 Å². The Morgan fingerprint density at radius 3 is 2.39 bits per heavy atom. The van der Waals surface area contributed by atoms with Crippen molar-refractivity contribution in [1.29, 1.82) is 0 Å². The van der Waals surface area contributed by atoms with Crippen LogP contribution in [0, 0.1) is 5.92 Å². The largest absolute Gasteiger partial charge is 0.276 e. The molecule has 0 spiro atoms. The van der Waals surface area contributed by atoms with E-state index in [0.29, 0.717) is 11.8 Å². The quantitative estimate of drug-likeness (QED) is 0.765. The van der Waals surface area contributed by atoms with Crippen molar-refractivity contribution in [3.05, 3.63) is 52.8 Å². The average Bonchev–Trinajstić information content (AvgIpc) is 2.77. The molecule has 0 aliphatic carbocycles. The Labute approximate surface area is 118 Å². The van der Waals surface area contributed by atoms with E-state index >= 15 is 0 Å². The van der Waals surface area contributed by atoms with Gasteiger partial charge in [0, 0.05) is 24.1 Å². The van der Waals surface area contributed by atoms with Crippen LogP contribution in [0.1, 0.15) is 11.1 Å². The predicted molar refractivity (Wildman–Crippen MR) is 76.3 cm³/mol. The Hall–Kier alpha value is -0.990. The van der Waals surface area contributed by atoms with Gasteiger partial charge in [-0.1, -0.05) is 23.7 Å². The van der Waals surface area contributed by atoms with Crippen molar-refractivity contribution < 1.29 is 0 Å². The first-order valence-corrected chi connectivity index (χ1v) is 6.86. The molecule has 0 aliphatic heterocycles. The molecular formula is C14H16Cl2N2. The molecule has 1 atom stereocenters. The number of alkyl halides is 1. The van der Waals surface area contributed by atoms with Crippen molar-refractivity contribution in [2.45, 2.75) is 12.8 Å². The Balaban J connectivity index is 1.99. The monoisotopic (exact) mass is 282 g/mol. The summed E-state index contributed by atoms with van der Waals surface area (Å²) in [6, 6.07) is 7.97. The second-order valence-electron chi connectivity index (χ2n) is 4.58. The first kappa shape index (κ1) is 13.4. The van der Waals surface area contributed by atoms with Crippen LogP contribution in [0.3, 0.4) is 0 Å². The van der Waals surface area contributed by atoms with Gasteiger partial charge in [-0.2, -0.15) is 5.10 Å². The fourth-order valence-corrected chi connectivity index (χ4v) is 2.39. The van der Waals surface area contributed by atoms with Gasteiger partial charge in [-0.25, -0.2) is 0 Å². The third kappa shape index (κ3) is 3.76. The van der Waals surface area contributed by atoms with Gasteiger partial charge in [-0.15, -0.1) is 11.6 Å². The Morgan fingerprint density at radius 1 is 1.17 bits per heavy atom. The molecule has 0 bridgehead atoms. The zero-order valence-electron chi connectivity index (χ0n) is 10.3. The summed E-state index contributed by atoms with van der Waals surface area (Å²) in [6.45, 7) is 0. The molecule has 1 unspecified atom stereocenters. The van der Waals surface area contributed by atoms with Crippen LogP contribution in [0.4, 0.5) is 0 Å². The van der Waals surface area contributed by atoms with Crippen LogP contribution in [0.25, 0.3) is 0 Å². The molecule has 0 amide bonds. The summed E-state index contributed by atoms with van der Waals surface area (Å²) in [5, 5.41) is 4.95. The van der Waals surface area contributed by atoms with Crippen LogP contribution in [0.15, 0.2) is 36.7 Å². The minimum atomic E-state index is 0.428. The number of hydrogen-bond acceptors (Lipinski definition) is 1. The normalized spacial score (nSPS) is 12.6. The lowest BCUT2D eigenvalue weighted by atomic mass is 9.95. The summed E-state index contributed by atoms with van der Waals surface area (Å²) < 4.78 is 1.82. The smallest absolute Gasteiger partial charge is 0.0521 e. The second-order valence-corrected chi connectivity index (χ2v) is 5.32. The van der Waals surface area contributed by atoms with Gasteiger partial charge in [0.2, 0.25) is 0 Å². The highest BCUT2D eigenvalue weighted by Crippen LogP contribution is 2.17. The molecule has 0 fully saturated rings. The topological polar surface area (TPSA) is 17.8 Å². The highest BCUT2D eigenvalue weighted by atomic mass is 35.5. The maximum absolute atomic E-state index is 6.05. The predicted octanol–water partition coefficient (Wildman–Crippen LogP) is 3.71. The number of hydrogen-bond donors (Lipinski definition) is 0. The molecule has 0 saturated carbocycles. The standard InChI is InChI=1S/C14H16Cl2N2/c1-18-10-13(9-17-18)7-12(8-15)6-11-2-4-14(16)5-3-11/h2-5,9-10,12H,6-8H2,1H3. The highest BCUT2D eigenvalue weighted by Gasteiger charge is 2.11. The van der Waals surface area contributed by atoms with E-state index in [2.05, 4.69) is 17.2 Å². The van der Waals surface area contributed by atoms with Gasteiger partial charge in [0.25, 0.3) is 0 Å². The van der Waals surface area contributed by atoms with Crippen molar-refractivity contribution in [1.82, 2.24) is 9.78 Å². The minimum absolute atomic E-state index is 0.428. The van der Waals surface area contributed by atoms with Gasteiger partial charge >= 0.3 is 0 Å². The lowest BCUT2D eigenvalue weighted by Crippen LogP contribution is -2.09. The molecule has 0 aliphatic rings. The van der Waals surface area contributed by atoms with Crippen LogP contribution in [0.2, 0.25) is 5.02 Å². The van der Waals surface area contributed by atoms with Crippen molar-refractivity contribution >= 4 is 23.2 Å². The summed E-state index contributed by atoms with van der Waals surface area (Å²) in [5.41, 5.74) is 2.51. The number of aromatic nitrogens is 2. The van der Waals surface area contributed by atoms with Crippen molar-refractivity contribution in [3.63, 3.8) is 0 Å². The Kier molecular flexibility index (Phi) is 4.67. The lowest BCUT2D eigenvalue weighted by molar-refractivity contribution is 0.583. The summed E-state index contributed by atoms with van der Waals surface area (Å²) in [6.07, 6.45) is 5.87. The number of halogens is 2. The Morgan fingerprint density at radius 2 is 1.83 bits per heavy atom. The minimum Gasteiger partial charge on any atom is -0.276 e. The fourth-order valence-electron chi connectivity index (χ4n) is 2.05. The maximum atomic E-state index is 6.05. The first-order valence-electron chi connectivity index (χ1n) is 5.95. The van der Waals surface area contributed by atoms with Crippen LogP contribution >= 0.6 is 23.2 Å². The SMILES string of the molecule is Cn1cc(CC(CCl)Cc2ccc(Cl)cc2)cn1. The van der Waals surface area contributed by atoms with Crippen molar-refractivity contribution in [2.24, 2.45) is 13.0 Å². The molecule has 2 rings (SSSR count). The van der Waals surface area contributed by atoms with Gasteiger partial charge < -0.3 is 0 Å². The average molecular weight is 283 g/mol. The third-order valence-electron chi connectivity index (χ3n) is 2.94. The van der Waals surface area contributed by atoms with Crippen LogP contribution in [-0.4, -0.2) is 15.7 Å². The zero-order chi connectivity index (χ0) is 13.0. The molecule has 1 aromatic carbocycles. The summed E-state index contributed by atoms with van der Waals surface area (Å²) in [7, 11) is 1.93. The second kappa shape index (κ2) is 6.26. The van der Waals surface area contributed by atoms with E-state index < -0.39 is 0 Å². The molecule has 18 heavy (non-hydrogen) atoms. The van der Waals surface area contributed by atoms with Gasteiger partial charge in [0.15, 0.2) is 0 Å². The molecule has 4 heteroatoms. The van der Waals surface area contributed by atoms with Crippen LogP contribution in [-0.2, 0) is 19.9 Å². The van der Waals surface area contributed by atoms with Gasteiger partial charge in [0.05, 0.1) is 6.20 Å².